The summed E-state index contributed by atoms with van der Waals surface area (Å²) in [7, 11) is -6.57. The van der Waals surface area contributed by atoms with Crippen molar-refractivity contribution in [3.05, 3.63) is 45.9 Å². The zero-order chi connectivity index (χ0) is 25.1. The molecule has 12 heteroatoms. The van der Waals surface area contributed by atoms with Crippen LogP contribution in [0.3, 0.4) is 0 Å². The molecular formula is C22H28BrClN4O4SSi. The van der Waals surface area contributed by atoms with Crippen LogP contribution in [0.2, 0.25) is 23.2 Å². The Balaban J connectivity index is 2.14. The van der Waals surface area contributed by atoms with E-state index in [1.54, 1.807) is 12.1 Å². The Kier molecular flexibility index (Phi) is 8.42. The second kappa shape index (κ2) is 10.6. The molecule has 2 N–H and O–H groups in total. The predicted octanol–water partition coefficient (Wildman–Crippen LogP) is 6.15. The van der Waals surface area contributed by atoms with Crippen molar-refractivity contribution >= 4 is 63.3 Å². The Labute approximate surface area is 215 Å². The minimum atomic E-state index is -4.08. The van der Waals surface area contributed by atoms with E-state index in [0.29, 0.717) is 18.7 Å². The molecule has 1 fully saturated rings. The van der Waals surface area contributed by atoms with Gasteiger partial charge >= 0.3 is 0 Å². The van der Waals surface area contributed by atoms with Crippen molar-refractivity contribution < 1.29 is 17.7 Å². The minimum Gasteiger partial charge on any atom is -0.541 e. The van der Waals surface area contributed by atoms with E-state index in [-0.39, 0.29) is 26.4 Å². The van der Waals surface area contributed by atoms with Crippen LogP contribution in [0.25, 0.3) is 0 Å². The summed E-state index contributed by atoms with van der Waals surface area (Å²) >= 11 is 9.87. The van der Waals surface area contributed by atoms with E-state index in [1.165, 1.54) is 6.07 Å². The average molecular weight is 588 g/mol. The SMILES string of the molecule is CC(C)(C)[Si](C)(C)Oc1c(N=C=Nc2ccccc2Br)ccc(Cl)c1S(=O)(=O)NC1CCON1. The molecule has 0 amide bonds. The van der Waals surface area contributed by atoms with E-state index < -0.39 is 24.5 Å². The molecule has 1 atom stereocenters. The number of hydrogen-bond donors (Lipinski definition) is 2. The standard InChI is InChI=1S/C22H28BrClN4O4SSi/c1-22(2,3)34(4,5)32-20-18(26-14-25-17-9-7-6-8-15(17)23)11-10-16(24)21(20)33(29,30)28-19-12-13-31-27-19/h6-11,19,27-28H,12-13H2,1-5H3. The quantitative estimate of drug-likeness (QED) is 0.299. The summed E-state index contributed by atoms with van der Waals surface area (Å²) in [4.78, 5) is 13.5. The Bertz CT molecular complexity index is 1220. The highest BCUT2D eigenvalue weighted by atomic mass is 79.9. The molecule has 1 aliphatic heterocycles. The molecule has 1 heterocycles. The molecule has 1 aliphatic rings. The molecule has 8 nitrogen and oxygen atoms in total. The van der Waals surface area contributed by atoms with Crippen LogP contribution in [0.1, 0.15) is 27.2 Å². The fourth-order valence-corrected chi connectivity index (χ4v) is 6.07. The number of hydroxylamine groups is 1. The lowest BCUT2D eigenvalue weighted by Crippen LogP contribution is -2.45. The number of aliphatic imine (C=N–C) groups is 2. The van der Waals surface area contributed by atoms with E-state index in [0.717, 1.165) is 4.47 Å². The van der Waals surface area contributed by atoms with Gasteiger partial charge in [-0.1, -0.05) is 44.5 Å². The molecule has 0 radical (unpaired) electrons. The van der Waals surface area contributed by atoms with E-state index in [4.69, 9.17) is 20.9 Å². The third kappa shape index (κ3) is 6.35. The number of nitrogens with zero attached hydrogens (tertiary/aromatic N) is 2. The second-order valence-electron chi connectivity index (χ2n) is 9.29. The molecular weight excluding hydrogens is 560 g/mol. The number of rotatable bonds is 7. The number of halogens is 2. The number of benzene rings is 2. The topological polar surface area (TPSA) is 101 Å². The zero-order valence-corrected chi connectivity index (χ0v) is 23.8. The first-order chi connectivity index (χ1) is 15.8. The molecule has 2 aromatic carbocycles. The van der Waals surface area contributed by atoms with Crippen LogP contribution in [0.4, 0.5) is 11.4 Å². The summed E-state index contributed by atoms with van der Waals surface area (Å²) in [5.41, 5.74) is 3.54. The smallest absolute Gasteiger partial charge is 0.250 e. The van der Waals surface area contributed by atoms with Crippen molar-refractivity contribution in [1.82, 2.24) is 10.2 Å². The van der Waals surface area contributed by atoms with Crippen molar-refractivity contribution in [2.75, 3.05) is 6.61 Å². The van der Waals surface area contributed by atoms with Gasteiger partial charge in [-0.25, -0.2) is 8.42 Å². The lowest BCUT2D eigenvalue weighted by molar-refractivity contribution is 0.0866. The summed E-state index contributed by atoms with van der Waals surface area (Å²) in [6, 6.07) is 13.1. The van der Waals surface area contributed by atoms with Gasteiger partial charge in [0.1, 0.15) is 16.6 Å². The van der Waals surface area contributed by atoms with Gasteiger partial charge in [0.05, 0.1) is 23.5 Å². The highest BCUT2D eigenvalue weighted by molar-refractivity contribution is 9.10. The number of nitrogens with one attached hydrogen (secondary N) is 2. The van der Waals surface area contributed by atoms with Gasteiger partial charge < -0.3 is 9.26 Å². The van der Waals surface area contributed by atoms with Crippen molar-refractivity contribution in [3.63, 3.8) is 0 Å². The monoisotopic (exact) mass is 586 g/mol. The van der Waals surface area contributed by atoms with Gasteiger partial charge in [0.15, 0.2) is 5.75 Å². The molecule has 3 rings (SSSR count). The summed E-state index contributed by atoms with van der Waals surface area (Å²) in [5, 5.41) is -0.170. The van der Waals surface area contributed by atoms with Gasteiger partial charge in [-0.2, -0.15) is 20.2 Å². The first-order valence-corrected chi connectivity index (χ1v) is 16.2. The van der Waals surface area contributed by atoms with E-state index in [1.807, 2.05) is 31.3 Å². The van der Waals surface area contributed by atoms with Gasteiger partial charge in [-0.05, 0) is 58.3 Å². The molecule has 0 spiro atoms. The van der Waals surface area contributed by atoms with E-state index in [9.17, 15) is 8.42 Å². The van der Waals surface area contributed by atoms with Crippen molar-refractivity contribution in [2.45, 2.75) is 56.4 Å². The van der Waals surface area contributed by atoms with Crippen LogP contribution in [0, 0.1) is 0 Å². The third-order valence-electron chi connectivity index (χ3n) is 5.70. The second-order valence-corrected chi connectivity index (χ2v) is 16.9. The molecule has 0 bridgehead atoms. The normalized spacial score (nSPS) is 16.7. The van der Waals surface area contributed by atoms with Crippen molar-refractivity contribution in [3.8, 4) is 5.75 Å². The fraction of sp³-hybridized carbons (Fsp3) is 0.409. The van der Waals surface area contributed by atoms with Gasteiger partial charge in [0.2, 0.25) is 10.0 Å². The molecule has 0 saturated carbocycles. The Morgan fingerprint density at radius 1 is 1.21 bits per heavy atom. The molecule has 184 valence electrons. The zero-order valence-electron chi connectivity index (χ0n) is 19.6. The van der Waals surface area contributed by atoms with Crippen LogP contribution >= 0.6 is 27.5 Å². The molecule has 1 unspecified atom stereocenters. The number of hydrogen-bond acceptors (Lipinski definition) is 7. The van der Waals surface area contributed by atoms with Crippen LogP contribution in [0.15, 0.2) is 55.8 Å². The van der Waals surface area contributed by atoms with Crippen LogP contribution in [-0.2, 0) is 14.9 Å². The molecule has 34 heavy (non-hydrogen) atoms. The lowest BCUT2D eigenvalue weighted by Gasteiger charge is -2.37. The maximum Gasteiger partial charge on any atom is 0.250 e. The Morgan fingerprint density at radius 2 is 1.88 bits per heavy atom. The molecule has 0 aliphatic carbocycles. The average Bonchev–Trinajstić information content (AvgIpc) is 3.22. The maximum atomic E-state index is 13.4. The van der Waals surface area contributed by atoms with Crippen molar-refractivity contribution in [2.24, 2.45) is 9.98 Å². The van der Waals surface area contributed by atoms with Gasteiger partial charge in [-0.15, -0.1) is 0 Å². The largest absolute Gasteiger partial charge is 0.541 e. The Hall–Kier alpha value is -1.56. The van der Waals surface area contributed by atoms with Crippen LogP contribution in [-0.4, -0.2) is 35.5 Å². The maximum absolute atomic E-state index is 13.4. The van der Waals surface area contributed by atoms with Gasteiger partial charge in [0.25, 0.3) is 8.32 Å². The highest BCUT2D eigenvalue weighted by Gasteiger charge is 2.41. The van der Waals surface area contributed by atoms with Crippen LogP contribution < -0.4 is 14.6 Å². The third-order valence-corrected chi connectivity index (χ3v) is 12.7. The molecule has 0 aromatic heterocycles. The molecule has 2 aromatic rings. The lowest BCUT2D eigenvalue weighted by atomic mass is 10.2. The fourth-order valence-electron chi connectivity index (χ4n) is 2.77. The highest BCUT2D eigenvalue weighted by Crippen LogP contribution is 2.45. The minimum absolute atomic E-state index is 0.0295. The summed E-state index contributed by atoms with van der Waals surface area (Å²) in [6.07, 6.45) is -0.0999. The van der Waals surface area contributed by atoms with Crippen LogP contribution in [0.5, 0.6) is 5.75 Å². The van der Waals surface area contributed by atoms with Gasteiger partial charge in [-0.3, -0.25) is 0 Å². The summed E-state index contributed by atoms with van der Waals surface area (Å²) in [6.45, 7) is 10.6. The summed E-state index contributed by atoms with van der Waals surface area (Å²) < 4.78 is 36.7. The van der Waals surface area contributed by atoms with E-state index >= 15 is 0 Å². The predicted molar refractivity (Wildman–Crippen MR) is 140 cm³/mol. The first-order valence-electron chi connectivity index (χ1n) is 10.6. The van der Waals surface area contributed by atoms with E-state index in [2.05, 4.69) is 62.9 Å². The molecule has 1 saturated heterocycles. The number of sulfonamides is 1. The Morgan fingerprint density at radius 3 is 2.50 bits per heavy atom. The number of para-hydroxylation sites is 1. The van der Waals surface area contributed by atoms with Crippen molar-refractivity contribution in [1.29, 1.82) is 0 Å². The first kappa shape index (κ1) is 27.0. The summed E-state index contributed by atoms with van der Waals surface area (Å²) in [5.74, 6) is 0.0836. The van der Waals surface area contributed by atoms with Gasteiger partial charge in [0, 0.05) is 10.9 Å².